The van der Waals surface area contributed by atoms with Crippen LogP contribution in [0.25, 0.3) is 0 Å². The van der Waals surface area contributed by atoms with E-state index < -0.39 is 5.91 Å². The standard InChI is InChI=1S/C11H15N3O2/c1-7-5-8(3-4-9(7)13-2)11(16)14-6-10(12)15/h3-5,13H,6H2,1-2H3,(H2,12,15)(H,14,16). The van der Waals surface area contributed by atoms with E-state index in [1.165, 1.54) is 0 Å². The van der Waals surface area contributed by atoms with E-state index in [1.807, 2.05) is 20.0 Å². The van der Waals surface area contributed by atoms with E-state index in [0.717, 1.165) is 11.3 Å². The van der Waals surface area contributed by atoms with Crippen molar-refractivity contribution in [3.8, 4) is 0 Å². The summed E-state index contributed by atoms with van der Waals surface area (Å²) in [6.45, 7) is 1.75. The van der Waals surface area contributed by atoms with Gasteiger partial charge in [0, 0.05) is 18.3 Å². The van der Waals surface area contributed by atoms with Crippen LogP contribution in [0.15, 0.2) is 18.2 Å². The molecule has 0 saturated carbocycles. The minimum atomic E-state index is -0.558. The highest BCUT2D eigenvalue weighted by Crippen LogP contribution is 2.15. The molecule has 0 bridgehead atoms. The lowest BCUT2D eigenvalue weighted by molar-refractivity contribution is -0.117. The first-order valence-electron chi connectivity index (χ1n) is 4.89. The summed E-state index contributed by atoms with van der Waals surface area (Å²) in [5, 5.41) is 5.43. The monoisotopic (exact) mass is 221 g/mol. The number of primary amides is 1. The van der Waals surface area contributed by atoms with Crippen LogP contribution in [0.1, 0.15) is 15.9 Å². The summed E-state index contributed by atoms with van der Waals surface area (Å²) in [6, 6.07) is 5.26. The third-order valence-corrected chi connectivity index (χ3v) is 2.18. The molecule has 0 radical (unpaired) electrons. The van der Waals surface area contributed by atoms with Gasteiger partial charge in [-0.15, -0.1) is 0 Å². The lowest BCUT2D eigenvalue weighted by Gasteiger charge is -2.07. The van der Waals surface area contributed by atoms with Crippen molar-refractivity contribution in [2.75, 3.05) is 18.9 Å². The van der Waals surface area contributed by atoms with Gasteiger partial charge in [-0.1, -0.05) is 0 Å². The second-order valence-electron chi connectivity index (χ2n) is 3.43. The summed E-state index contributed by atoms with van der Waals surface area (Å²) in [5.41, 5.74) is 7.37. The molecule has 0 fully saturated rings. The first-order chi connectivity index (χ1) is 7.54. The zero-order valence-electron chi connectivity index (χ0n) is 9.33. The van der Waals surface area contributed by atoms with E-state index in [2.05, 4.69) is 10.6 Å². The SMILES string of the molecule is CNc1ccc(C(=O)NCC(N)=O)cc1C. The van der Waals surface area contributed by atoms with E-state index in [1.54, 1.807) is 12.1 Å². The predicted octanol–water partition coefficient (Wildman–Crippen LogP) is 0.252. The topological polar surface area (TPSA) is 84.2 Å². The van der Waals surface area contributed by atoms with Gasteiger partial charge in [0.05, 0.1) is 6.54 Å². The zero-order chi connectivity index (χ0) is 12.1. The molecule has 16 heavy (non-hydrogen) atoms. The predicted molar refractivity (Wildman–Crippen MR) is 62.3 cm³/mol. The molecule has 1 rings (SSSR count). The number of rotatable bonds is 4. The smallest absolute Gasteiger partial charge is 0.251 e. The first-order valence-corrected chi connectivity index (χ1v) is 4.89. The number of aryl methyl sites for hydroxylation is 1. The molecule has 0 saturated heterocycles. The maximum atomic E-state index is 11.6. The molecule has 0 aliphatic rings. The number of hydrogen-bond donors (Lipinski definition) is 3. The zero-order valence-corrected chi connectivity index (χ0v) is 9.33. The summed E-state index contributed by atoms with van der Waals surface area (Å²) < 4.78 is 0. The lowest BCUT2D eigenvalue weighted by atomic mass is 10.1. The van der Waals surface area contributed by atoms with E-state index in [4.69, 9.17) is 5.73 Å². The Morgan fingerprint density at radius 2 is 2.06 bits per heavy atom. The van der Waals surface area contributed by atoms with Gasteiger partial charge in [0.2, 0.25) is 5.91 Å². The molecule has 0 spiro atoms. The van der Waals surface area contributed by atoms with Crippen molar-refractivity contribution >= 4 is 17.5 Å². The van der Waals surface area contributed by atoms with Gasteiger partial charge in [-0.25, -0.2) is 0 Å². The fourth-order valence-electron chi connectivity index (χ4n) is 1.35. The van der Waals surface area contributed by atoms with Crippen LogP contribution in [-0.2, 0) is 4.79 Å². The molecule has 4 N–H and O–H groups in total. The number of amides is 2. The van der Waals surface area contributed by atoms with Crippen molar-refractivity contribution in [3.05, 3.63) is 29.3 Å². The van der Waals surface area contributed by atoms with Gasteiger partial charge in [0.25, 0.3) is 5.91 Å². The van der Waals surface area contributed by atoms with Crippen LogP contribution in [0.3, 0.4) is 0 Å². The molecule has 5 nitrogen and oxygen atoms in total. The molecule has 0 aliphatic heterocycles. The Labute approximate surface area is 94.0 Å². The Balaban J connectivity index is 2.77. The maximum absolute atomic E-state index is 11.6. The second kappa shape index (κ2) is 5.16. The van der Waals surface area contributed by atoms with E-state index in [0.29, 0.717) is 5.56 Å². The number of carbonyl (C=O) groups is 2. The number of benzene rings is 1. The van der Waals surface area contributed by atoms with Crippen molar-refractivity contribution in [1.82, 2.24) is 5.32 Å². The molecule has 1 aromatic rings. The minimum Gasteiger partial charge on any atom is -0.388 e. The van der Waals surface area contributed by atoms with Gasteiger partial charge in [-0.2, -0.15) is 0 Å². The molecular formula is C11H15N3O2. The van der Waals surface area contributed by atoms with Crippen molar-refractivity contribution in [1.29, 1.82) is 0 Å². The van der Waals surface area contributed by atoms with E-state index in [9.17, 15) is 9.59 Å². The van der Waals surface area contributed by atoms with Crippen LogP contribution in [0.4, 0.5) is 5.69 Å². The average Bonchev–Trinajstić information content (AvgIpc) is 2.25. The maximum Gasteiger partial charge on any atom is 0.251 e. The fourth-order valence-corrected chi connectivity index (χ4v) is 1.35. The fraction of sp³-hybridized carbons (Fsp3) is 0.273. The first kappa shape index (κ1) is 12.0. The third kappa shape index (κ3) is 2.98. The molecule has 0 unspecified atom stereocenters. The molecule has 0 heterocycles. The molecule has 86 valence electrons. The van der Waals surface area contributed by atoms with Crippen LogP contribution in [0.2, 0.25) is 0 Å². The average molecular weight is 221 g/mol. The van der Waals surface area contributed by atoms with Crippen LogP contribution in [0, 0.1) is 6.92 Å². The van der Waals surface area contributed by atoms with Gasteiger partial charge < -0.3 is 16.4 Å². The summed E-state index contributed by atoms with van der Waals surface area (Å²) in [4.78, 5) is 22.1. The van der Waals surface area contributed by atoms with Gasteiger partial charge in [-0.3, -0.25) is 9.59 Å². The summed E-state index contributed by atoms with van der Waals surface area (Å²) in [6.07, 6.45) is 0. The van der Waals surface area contributed by atoms with Crippen molar-refractivity contribution in [3.63, 3.8) is 0 Å². The quantitative estimate of drug-likeness (QED) is 0.681. The molecule has 0 atom stereocenters. The lowest BCUT2D eigenvalue weighted by Crippen LogP contribution is -2.33. The highest BCUT2D eigenvalue weighted by atomic mass is 16.2. The van der Waals surface area contributed by atoms with Crippen molar-refractivity contribution < 1.29 is 9.59 Å². The van der Waals surface area contributed by atoms with Crippen LogP contribution in [-0.4, -0.2) is 25.4 Å². The largest absolute Gasteiger partial charge is 0.388 e. The number of carbonyl (C=O) groups excluding carboxylic acids is 2. The highest BCUT2D eigenvalue weighted by Gasteiger charge is 2.07. The minimum absolute atomic E-state index is 0.147. The number of anilines is 1. The van der Waals surface area contributed by atoms with Crippen LogP contribution in [0.5, 0.6) is 0 Å². The molecular weight excluding hydrogens is 206 g/mol. The molecule has 1 aromatic carbocycles. The van der Waals surface area contributed by atoms with Crippen LogP contribution >= 0.6 is 0 Å². The number of nitrogens with two attached hydrogens (primary N) is 1. The third-order valence-electron chi connectivity index (χ3n) is 2.18. The Morgan fingerprint density at radius 3 is 2.56 bits per heavy atom. The molecule has 5 heteroatoms. The van der Waals surface area contributed by atoms with E-state index in [-0.39, 0.29) is 12.5 Å². The Kier molecular flexibility index (Phi) is 3.88. The number of hydrogen-bond acceptors (Lipinski definition) is 3. The van der Waals surface area contributed by atoms with Crippen molar-refractivity contribution in [2.24, 2.45) is 5.73 Å². The van der Waals surface area contributed by atoms with E-state index >= 15 is 0 Å². The van der Waals surface area contributed by atoms with Gasteiger partial charge in [-0.05, 0) is 30.7 Å². The Morgan fingerprint density at radius 1 is 1.38 bits per heavy atom. The van der Waals surface area contributed by atoms with Gasteiger partial charge in [0.1, 0.15) is 0 Å². The molecule has 2 amide bonds. The van der Waals surface area contributed by atoms with Gasteiger partial charge >= 0.3 is 0 Å². The molecule has 0 aliphatic carbocycles. The normalized spacial score (nSPS) is 9.62. The number of nitrogens with one attached hydrogen (secondary N) is 2. The van der Waals surface area contributed by atoms with Crippen molar-refractivity contribution in [2.45, 2.75) is 6.92 Å². The molecule has 0 aromatic heterocycles. The summed E-state index contributed by atoms with van der Waals surface area (Å²) in [5.74, 6) is -0.860. The second-order valence-corrected chi connectivity index (χ2v) is 3.43. The highest BCUT2D eigenvalue weighted by molar-refractivity contribution is 5.96. The summed E-state index contributed by atoms with van der Waals surface area (Å²) >= 11 is 0. The Bertz CT molecular complexity index is 416. The van der Waals surface area contributed by atoms with Gasteiger partial charge in [0.15, 0.2) is 0 Å². The van der Waals surface area contributed by atoms with Crippen LogP contribution < -0.4 is 16.4 Å². The summed E-state index contributed by atoms with van der Waals surface area (Å²) in [7, 11) is 1.81. The Hall–Kier alpha value is -2.04.